The second kappa shape index (κ2) is 7.61. The summed E-state index contributed by atoms with van der Waals surface area (Å²) in [5.74, 6) is 3.72. The molecule has 0 saturated heterocycles. The van der Waals surface area contributed by atoms with Gasteiger partial charge in [-0.2, -0.15) is 0 Å². The van der Waals surface area contributed by atoms with Crippen molar-refractivity contribution in [1.82, 2.24) is 0 Å². The number of fused-ring (bicyclic) bond motifs is 7. The molecule has 0 spiro atoms. The fourth-order valence-electron chi connectivity index (χ4n) is 11.7. The van der Waals surface area contributed by atoms with Gasteiger partial charge in [-0.3, -0.25) is 4.79 Å². The van der Waals surface area contributed by atoms with Gasteiger partial charge in [-0.25, -0.2) is 0 Å². The van der Waals surface area contributed by atoms with Crippen molar-refractivity contribution in [2.75, 3.05) is 0 Å². The highest BCUT2D eigenvalue weighted by Gasteiger charge is 2.70. The molecule has 0 bridgehead atoms. The summed E-state index contributed by atoms with van der Waals surface area (Å²) in [6.07, 6.45) is 14.6. The molecule has 0 aliphatic heterocycles. The minimum atomic E-state index is -0.107. The molecule has 0 radical (unpaired) electrons. The first kappa shape index (κ1) is 24.9. The number of hydrogen-bond acceptors (Lipinski definition) is 2. The smallest absolute Gasteiger partial charge is 0.302 e. The number of carbonyl (C=O) groups excluding carboxylic acids is 1. The van der Waals surface area contributed by atoms with Gasteiger partial charge in [0.05, 0.1) is 0 Å². The number of carbonyl (C=O) groups is 1. The number of allylic oxidation sites excluding steroid dienone is 2. The molecular weight excluding hydrogens is 416 g/mol. The van der Waals surface area contributed by atoms with Crippen LogP contribution in [0.1, 0.15) is 120 Å². The molecule has 2 nitrogen and oxygen atoms in total. The first-order valence-electron chi connectivity index (χ1n) is 14.6. The Bertz CT molecular complexity index is 883. The van der Waals surface area contributed by atoms with Crippen LogP contribution in [-0.4, -0.2) is 12.1 Å². The zero-order valence-corrected chi connectivity index (χ0v) is 23.7. The van der Waals surface area contributed by atoms with E-state index in [2.05, 4.69) is 61.5 Å². The minimum Gasteiger partial charge on any atom is -0.462 e. The predicted molar refractivity (Wildman–Crippen MR) is 140 cm³/mol. The highest BCUT2D eigenvalue weighted by Crippen LogP contribution is 2.77. The van der Waals surface area contributed by atoms with E-state index in [0.29, 0.717) is 27.6 Å². The van der Waals surface area contributed by atoms with E-state index in [1.165, 1.54) is 51.4 Å². The molecule has 0 aromatic heterocycles. The Morgan fingerprint density at radius 1 is 0.853 bits per heavy atom. The van der Waals surface area contributed by atoms with Gasteiger partial charge in [0, 0.05) is 12.3 Å². The summed E-state index contributed by atoms with van der Waals surface area (Å²) in [5, 5.41) is 0. The van der Waals surface area contributed by atoms with E-state index < -0.39 is 0 Å². The zero-order valence-electron chi connectivity index (χ0n) is 23.7. The molecule has 0 unspecified atom stereocenters. The maximum atomic E-state index is 11.9. The summed E-state index contributed by atoms with van der Waals surface area (Å²) >= 11 is 0. The Labute approximate surface area is 210 Å². The molecule has 5 aliphatic rings. The maximum Gasteiger partial charge on any atom is 0.302 e. The number of ether oxygens (including phenoxy) is 1. The van der Waals surface area contributed by atoms with Gasteiger partial charge in [-0.05, 0) is 109 Å². The van der Waals surface area contributed by atoms with Crippen LogP contribution in [0.15, 0.2) is 11.6 Å². The van der Waals surface area contributed by atoms with E-state index in [9.17, 15) is 4.79 Å². The normalized spacial score (nSPS) is 51.6. The van der Waals surface area contributed by atoms with Gasteiger partial charge in [-0.15, -0.1) is 0 Å². The summed E-state index contributed by atoms with van der Waals surface area (Å²) in [6.45, 7) is 22.0. The van der Waals surface area contributed by atoms with E-state index in [4.69, 9.17) is 4.74 Å². The number of esters is 1. The zero-order chi connectivity index (χ0) is 24.9. The predicted octanol–water partition coefficient (Wildman–Crippen LogP) is 8.60. The molecule has 34 heavy (non-hydrogen) atoms. The van der Waals surface area contributed by atoms with Crippen molar-refractivity contribution in [3.8, 4) is 0 Å². The Morgan fingerprint density at radius 2 is 1.53 bits per heavy atom. The number of rotatable bonds is 2. The molecule has 5 aliphatic carbocycles. The Morgan fingerprint density at radius 3 is 2.18 bits per heavy atom. The van der Waals surface area contributed by atoms with Crippen LogP contribution in [0.25, 0.3) is 0 Å². The van der Waals surface area contributed by atoms with E-state index in [-0.39, 0.29) is 17.5 Å². The summed E-state index contributed by atoms with van der Waals surface area (Å²) in [7, 11) is 0. The standard InChI is InChI=1S/C32H52O2/c1-20(2)22-12-16-29(6)23(22)13-18-31(8)25(29)10-11-26-30(7)17-15-27(34-21(3)33)28(4,5)24(30)14-19-32(26,31)9/h13,20,22,24-27H,10-12,14-19H2,1-9H3/t22-,24+,25-,26-,27-,29+,30+,31-,32-/m1/s1. The Balaban J connectivity index is 1.51. The van der Waals surface area contributed by atoms with Gasteiger partial charge in [0.2, 0.25) is 0 Å². The third-order valence-corrected chi connectivity index (χ3v) is 13.5. The van der Waals surface area contributed by atoms with Crippen LogP contribution in [-0.2, 0) is 9.53 Å². The molecule has 5 rings (SSSR count). The van der Waals surface area contributed by atoms with Gasteiger partial charge >= 0.3 is 5.97 Å². The fourth-order valence-corrected chi connectivity index (χ4v) is 11.7. The number of hydrogen-bond donors (Lipinski definition) is 0. The summed E-state index contributed by atoms with van der Waals surface area (Å²) in [6, 6.07) is 0. The van der Waals surface area contributed by atoms with Crippen LogP contribution in [0.2, 0.25) is 0 Å². The van der Waals surface area contributed by atoms with E-state index in [1.54, 1.807) is 6.92 Å². The van der Waals surface area contributed by atoms with E-state index in [1.807, 2.05) is 5.57 Å². The van der Waals surface area contributed by atoms with Crippen molar-refractivity contribution in [3.05, 3.63) is 11.6 Å². The fraction of sp³-hybridized carbons (Fsp3) is 0.906. The molecule has 0 aromatic carbocycles. The van der Waals surface area contributed by atoms with Crippen LogP contribution in [0.4, 0.5) is 0 Å². The largest absolute Gasteiger partial charge is 0.462 e. The van der Waals surface area contributed by atoms with Gasteiger partial charge in [0.25, 0.3) is 0 Å². The first-order valence-corrected chi connectivity index (χ1v) is 14.6. The molecule has 9 atom stereocenters. The highest BCUT2D eigenvalue weighted by molar-refractivity contribution is 5.66. The molecule has 4 fully saturated rings. The molecular formula is C32H52O2. The maximum absolute atomic E-state index is 11.9. The lowest BCUT2D eigenvalue weighted by atomic mass is 9.32. The van der Waals surface area contributed by atoms with E-state index >= 15 is 0 Å². The van der Waals surface area contributed by atoms with Crippen LogP contribution in [0.5, 0.6) is 0 Å². The van der Waals surface area contributed by atoms with E-state index in [0.717, 1.165) is 30.1 Å². The molecule has 0 aromatic rings. The highest BCUT2D eigenvalue weighted by atomic mass is 16.5. The third kappa shape index (κ3) is 3.01. The van der Waals surface area contributed by atoms with Crippen molar-refractivity contribution < 1.29 is 9.53 Å². The van der Waals surface area contributed by atoms with Crippen molar-refractivity contribution in [2.24, 2.45) is 56.7 Å². The summed E-state index contributed by atoms with van der Waals surface area (Å²) in [4.78, 5) is 11.9. The van der Waals surface area contributed by atoms with Gasteiger partial charge in [0.15, 0.2) is 0 Å². The molecule has 192 valence electrons. The van der Waals surface area contributed by atoms with Crippen molar-refractivity contribution in [1.29, 1.82) is 0 Å². The van der Waals surface area contributed by atoms with Crippen LogP contribution in [0.3, 0.4) is 0 Å². The quantitative estimate of drug-likeness (QED) is 0.299. The average Bonchev–Trinajstić information content (AvgIpc) is 3.08. The molecule has 0 amide bonds. The first-order chi connectivity index (χ1) is 15.7. The lowest BCUT2D eigenvalue weighted by Gasteiger charge is -2.72. The second-order valence-electron chi connectivity index (χ2n) is 15.2. The van der Waals surface area contributed by atoms with Crippen molar-refractivity contribution in [3.63, 3.8) is 0 Å². The SMILES string of the molecule is CC(=O)O[C@@H]1CC[C@]2(C)[C@H]3CC[C@@H]4[C@@]5(C)CC[C@H](C(C)C)C5=CC[C@@]4(C)[C@]3(C)CC[C@H]2C1(C)C. The molecule has 0 heterocycles. The topological polar surface area (TPSA) is 26.3 Å². The monoisotopic (exact) mass is 468 g/mol. The summed E-state index contributed by atoms with van der Waals surface area (Å²) in [5.41, 5.74) is 3.45. The van der Waals surface area contributed by atoms with Crippen LogP contribution >= 0.6 is 0 Å². The van der Waals surface area contributed by atoms with Gasteiger partial charge in [0.1, 0.15) is 6.10 Å². The third-order valence-electron chi connectivity index (χ3n) is 13.5. The Kier molecular flexibility index (Phi) is 5.57. The Hall–Kier alpha value is -0.790. The van der Waals surface area contributed by atoms with Crippen molar-refractivity contribution in [2.45, 2.75) is 126 Å². The molecule has 2 heteroatoms. The van der Waals surface area contributed by atoms with Crippen molar-refractivity contribution >= 4 is 5.97 Å². The van der Waals surface area contributed by atoms with Gasteiger partial charge < -0.3 is 4.74 Å². The minimum absolute atomic E-state index is 0.0549. The lowest BCUT2D eigenvalue weighted by molar-refractivity contribution is -0.238. The summed E-state index contributed by atoms with van der Waals surface area (Å²) < 4.78 is 5.91. The van der Waals surface area contributed by atoms with Crippen LogP contribution in [0, 0.1) is 56.7 Å². The molecule has 0 N–H and O–H groups in total. The second-order valence-corrected chi connectivity index (χ2v) is 15.2. The average molecular weight is 469 g/mol. The lowest BCUT2D eigenvalue weighted by Crippen LogP contribution is -2.66. The van der Waals surface area contributed by atoms with Gasteiger partial charge in [-0.1, -0.05) is 67.0 Å². The molecule has 4 saturated carbocycles. The van der Waals surface area contributed by atoms with Crippen LogP contribution < -0.4 is 0 Å².